The number of aromatic carboxylic acids is 3. The normalized spacial score (nSPS) is 13.4. The minimum absolute atomic E-state index is 0.0722. The van der Waals surface area contributed by atoms with Crippen LogP contribution in [-0.4, -0.2) is 70.8 Å². The van der Waals surface area contributed by atoms with Crippen LogP contribution in [0, 0.1) is 0 Å². The van der Waals surface area contributed by atoms with E-state index in [4.69, 9.17) is 13.6 Å². The smallest absolute Gasteiger partial charge is 0.475 e. The molecule has 0 saturated heterocycles. The quantitative estimate of drug-likeness (QED) is 0.0235. The van der Waals surface area contributed by atoms with Crippen LogP contribution < -0.4 is 16.0 Å². The number of hydrogen-bond donors (Lipinski definition) is 6. The molecule has 17 heteroatoms. The molecule has 68 heavy (non-hydrogen) atoms. The number of carbonyl (C=O) groups is 6. The third-order valence-corrected chi connectivity index (χ3v) is 12.7. The molecule has 3 unspecified atom stereocenters. The predicted octanol–water partition coefficient (Wildman–Crippen LogP) is 10.9. The molecule has 0 aliphatic rings. The largest absolute Gasteiger partial charge is 0.478 e. The van der Waals surface area contributed by atoms with Gasteiger partial charge in [0.2, 0.25) is 17.7 Å². The average Bonchev–Trinajstić information content (AvgIpc) is 3.32. The number of carbonyl (C=O) groups excluding carboxylic acids is 3. The molecule has 0 spiro atoms. The first-order valence-corrected chi connectivity index (χ1v) is 25.6. The number of hydrogen-bond acceptors (Lipinski definition) is 10. The van der Waals surface area contributed by atoms with E-state index in [2.05, 4.69) is 36.7 Å². The zero-order valence-electron chi connectivity index (χ0n) is 39.9. The molecule has 3 aromatic carbocycles. The standard InChI is InChI=1S/C51H72N3O13P/c1-4-7-10-13-16-28-46(55)52-43(37-22-19-25-40(31-37)49(58)59)34-65-68(64,66-35-44(38-23-20-26-41(32-38)50(60)61)53-47(56)29-17-14-11-8-5-2)67-36-45(39-24-21-27-42(33-39)51(62)63)54-48(57)30-18-15-12-9-6-3/h19-27,31-33,43-45H,4-18,28-30,34-36H2,1-3H3,(H,52,55)(H,53,56)(H,54,57)(H,58,59)(H,60,61)(H,62,63). The van der Waals surface area contributed by atoms with E-state index in [1.165, 1.54) is 54.6 Å². The van der Waals surface area contributed by atoms with Crippen molar-refractivity contribution in [2.75, 3.05) is 19.8 Å². The molecule has 0 bridgehead atoms. The minimum atomic E-state index is -4.87. The van der Waals surface area contributed by atoms with Gasteiger partial charge in [0.05, 0.1) is 54.6 Å². The van der Waals surface area contributed by atoms with E-state index in [0.717, 1.165) is 77.0 Å². The number of carboxylic acid groups (broad SMARTS) is 3. The van der Waals surface area contributed by atoms with Gasteiger partial charge in [-0.3, -0.25) is 28.0 Å². The number of nitrogens with one attached hydrogen (secondary N) is 3. The molecule has 374 valence electrons. The van der Waals surface area contributed by atoms with Crippen molar-refractivity contribution >= 4 is 43.5 Å². The van der Waals surface area contributed by atoms with Crippen LogP contribution in [0.2, 0.25) is 0 Å². The van der Waals surface area contributed by atoms with Crippen molar-refractivity contribution in [1.29, 1.82) is 0 Å². The fourth-order valence-electron chi connectivity index (χ4n) is 7.41. The summed E-state index contributed by atoms with van der Waals surface area (Å²) in [5.41, 5.74) is 0.742. The number of benzene rings is 3. The summed E-state index contributed by atoms with van der Waals surface area (Å²) in [7, 11) is -4.87. The molecule has 6 N–H and O–H groups in total. The van der Waals surface area contributed by atoms with Gasteiger partial charge in [0, 0.05) is 19.3 Å². The first-order valence-electron chi connectivity index (χ1n) is 24.1. The highest BCUT2D eigenvalue weighted by Crippen LogP contribution is 2.51. The van der Waals surface area contributed by atoms with Crippen LogP contribution >= 0.6 is 7.82 Å². The van der Waals surface area contributed by atoms with Gasteiger partial charge in [-0.05, 0) is 72.4 Å². The molecule has 0 fully saturated rings. The minimum Gasteiger partial charge on any atom is -0.478 e. The zero-order valence-corrected chi connectivity index (χ0v) is 40.8. The van der Waals surface area contributed by atoms with E-state index >= 15 is 4.57 Å². The number of rotatable bonds is 36. The number of carboxylic acids is 3. The van der Waals surface area contributed by atoms with Crippen LogP contribution in [0.4, 0.5) is 0 Å². The summed E-state index contributed by atoms with van der Waals surface area (Å²) < 4.78 is 33.3. The Morgan fingerprint density at radius 1 is 0.441 bits per heavy atom. The van der Waals surface area contributed by atoms with Gasteiger partial charge >= 0.3 is 25.7 Å². The van der Waals surface area contributed by atoms with E-state index in [9.17, 15) is 44.1 Å². The second-order valence-electron chi connectivity index (χ2n) is 17.0. The molecule has 0 aliphatic carbocycles. The summed E-state index contributed by atoms with van der Waals surface area (Å²) in [6, 6.07) is 14.3. The lowest BCUT2D eigenvalue weighted by atomic mass is 10.0. The lowest BCUT2D eigenvalue weighted by molar-refractivity contribution is -0.122. The Balaban J connectivity index is 2.05. The van der Waals surface area contributed by atoms with E-state index in [1.54, 1.807) is 18.2 Å². The molecule has 0 aromatic heterocycles. The van der Waals surface area contributed by atoms with Crippen LogP contribution in [0.1, 0.15) is 202 Å². The van der Waals surface area contributed by atoms with Gasteiger partial charge in [-0.25, -0.2) is 18.9 Å². The lowest BCUT2D eigenvalue weighted by Crippen LogP contribution is -2.33. The Bertz CT molecular complexity index is 1880. The first-order chi connectivity index (χ1) is 32.7. The highest BCUT2D eigenvalue weighted by Gasteiger charge is 2.34. The molecule has 3 amide bonds. The third-order valence-electron chi connectivity index (χ3n) is 11.3. The number of phosphoric acid groups is 1. The van der Waals surface area contributed by atoms with Crippen molar-refractivity contribution < 1.29 is 62.2 Å². The summed E-state index contributed by atoms with van der Waals surface area (Å²) in [5.74, 6) is -4.73. The van der Waals surface area contributed by atoms with E-state index < -0.39 is 63.7 Å². The van der Waals surface area contributed by atoms with Gasteiger partial charge in [0.25, 0.3) is 0 Å². The van der Waals surface area contributed by atoms with Crippen LogP contribution in [0.25, 0.3) is 0 Å². The molecule has 16 nitrogen and oxygen atoms in total. The summed E-state index contributed by atoms with van der Waals surface area (Å²) in [5, 5.41) is 38.1. The van der Waals surface area contributed by atoms with E-state index in [0.29, 0.717) is 36.0 Å². The van der Waals surface area contributed by atoms with Crippen LogP contribution in [0.5, 0.6) is 0 Å². The Kier molecular flexibility index (Phi) is 26.4. The maximum atomic E-state index is 15.1. The second-order valence-corrected chi connectivity index (χ2v) is 18.6. The number of phosphoric ester groups is 1. The fourth-order valence-corrected chi connectivity index (χ4v) is 8.62. The number of unbranched alkanes of at least 4 members (excludes halogenated alkanes) is 12. The second kappa shape index (κ2) is 31.6. The molecule has 0 aliphatic heterocycles. The predicted molar refractivity (Wildman–Crippen MR) is 258 cm³/mol. The Morgan fingerprint density at radius 3 is 0.956 bits per heavy atom. The molecule has 3 aromatic rings. The van der Waals surface area contributed by atoms with Gasteiger partial charge < -0.3 is 31.3 Å². The van der Waals surface area contributed by atoms with Crippen LogP contribution in [-0.2, 0) is 32.5 Å². The van der Waals surface area contributed by atoms with Crippen molar-refractivity contribution in [3.63, 3.8) is 0 Å². The maximum Gasteiger partial charge on any atom is 0.475 e. The van der Waals surface area contributed by atoms with Gasteiger partial charge in [-0.1, -0.05) is 134 Å². The first kappa shape index (κ1) is 56.9. The molecule has 3 atom stereocenters. The Labute approximate surface area is 400 Å². The third kappa shape index (κ3) is 21.7. The lowest BCUT2D eigenvalue weighted by Gasteiger charge is -2.27. The molecule has 3 rings (SSSR count). The average molecular weight is 966 g/mol. The van der Waals surface area contributed by atoms with Crippen molar-refractivity contribution in [3.05, 3.63) is 106 Å². The van der Waals surface area contributed by atoms with Gasteiger partial charge in [-0.15, -0.1) is 0 Å². The molecule has 0 saturated carbocycles. The van der Waals surface area contributed by atoms with Crippen LogP contribution in [0.15, 0.2) is 72.8 Å². The van der Waals surface area contributed by atoms with E-state index in [1.807, 2.05) is 0 Å². The van der Waals surface area contributed by atoms with E-state index in [-0.39, 0.29) is 53.7 Å². The summed E-state index contributed by atoms with van der Waals surface area (Å²) >= 11 is 0. The highest BCUT2D eigenvalue weighted by molar-refractivity contribution is 7.48. The molecule has 0 radical (unpaired) electrons. The Hall–Kier alpha value is -5.41. The van der Waals surface area contributed by atoms with Crippen molar-refractivity contribution in [1.82, 2.24) is 16.0 Å². The maximum absolute atomic E-state index is 15.1. The Morgan fingerprint density at radius 2 is 0.706 bits per heavy atom. The number of amides is 3. The topological polar surface area (TPSA) is 244 Å². The zero-order chi connectivity index (χ0) is 49.7. The van der Waals surface area contributed by atoms with Crippen LogP contribution in [0.3, 0.4) is 0 Å². The van der Waals surface area contributed by atoms with Gasteiger partial charge in [0.1, 0.15) is 0 Å². The van der Waals surface area contributed by atoms with Gasteiger partial charge in [-0.2, -0.15) is 0 Å². The SMILES string of the molecule is CCCCCCCC(=O)NC(COP(=O)(OCC(NC(=O)CCCCCCC)c1cccc(C(=O)O)c1)OCC(NC(=O)CCCCCCC)c1cccc(C(=O)O)c1)c1cccc(C(=O)O)c1. The molecular formula is C51H72N3O13P. The van der Waals surface area contributed by atoms with Crippen molar-refractivity contribution in [2.45, 2.75) is 154 Å². The molecule has 0 heterocycles. The summed E-state index contributed by atoms with van der Waals surface area (Å²) in [6.07, 6.45) is 13.8. The summed E-state index contributed by atoms with van der Waals surface area (Å²) in [4.78, 5) is 76.2. The summed E-state index contributed by atoms with van der Waals surface area (Å²) in [6.45, 7) is 4.57. The fraction of sp³-hybridized carbons (Fsp3) is 0.529. The van der Waals surface area contributed by atoms with Crippen molar-refractivity contribution in [2.24, 2.45) is 0 Å². The highest BCUT2D eigenvalue weighted by atomic mass is 31.2. The molecular weight excluding hydrogens is 894 g/mol. The van der Waals surface area contributed by atoms with Crippen molar-refractivity contribution in [3.8, 4) is 0 Å². The monoisotopic (exact) mass is 965 g/mol. The van der Waals surface area contributed by atoms with Gasteiger partial charge in [0.15, 0.2) is 0 Å².